The van der Waals surface area contributed by atoms with Crippen LogP contribution in [0.5, 0.6) is 0 Å². The molecule has 0 fully saturated rings. The third-order valence-corrected chi connectivity index (χ3v) is 7.06. The van der Waals surface area contributed by atoms with Crippen LogP contribution in [-0.2, 0) is 0 Å². The third kappa shape index (κ3) is 3.12. The van der Waals surface area contributed by atoms with E-state index in [1.165, 1.54) is 0 Å². The van der Waals surface area contributed by atoms with E-state index in [2.05, 4.69) is 50.6 Å². The fourth-order valence-electron chi connectivity index (χ4n) is 1.11. The van der Waals surface area contributed by atoms with Gasteiger partial charge in [0.15, 0.2) is 0 Å². The van der Waals surface area contributed by atoms with Crippen molar-refractivity contribution in [3.63, 3.8) is 0 Å². The molecule has 0 amide bonds. The first-order valence-corrected chi connectivity index (χ1v) is 13.1. The number of hydrogen-bond acceptors (Lipinski definition) is 0. The van der Waals surface area contributed by atoms with Crippen molar-refractivity contribution < 1.29 is 4.39 Å². The highest BCUT2D eigenvalue weighted by Gasteiger charge is 2.19. The molecule has 0 atom stereocenters. The predicted octanol–water partition coefficient (Wildman–Crippen LogP) is 4.10. The lowest BCUT2D eigenvalue weighted by atomic mass is 10.3. The minimum absolute atomic E-state index is 0.107. The summed E-state index contributed by atoms with van der Waals surface area (Å²) in [6, 6.07) is 5.60. The van der Waals surface area contributed by atoms with Gasteiger partial charge in [0, 0.05) is 5.30 Å². The average Bonchev–Trinajstić information content (AvgIpc) is 2.01. The first kappa shape index (κ1) is 12.8. The van der Waals surface area contributed by atoms with Gasteiger partial charge in [-0.05, 0) is 37.0 Å². The molecule has 0 radical (unpaired) electrons. The Kier molecular flexibility index (Phi) is 4.33. The second kappa shape index (κ2) is 4.73. The Balaban J connectivity index is 3.13. The van der Waals surface area contributed by atoms with Crippen LogP contribution < -0.4 is 10.5 Å². The number of rotatable bonds is 2. The quantitative estimate of drug-likeness (QED) is 0.552. The summed E-state index contributed by atoms with van der Waals surface area (Å²) in [5.74, 6) is -0.107. The normalized spacial score (nSPS) is 12.2. The minimum Gasteiger partial charge on any atom is -0.206 e. The van der Waals surface area contributed by atoms with E-state index in [9.17, 15) is 4.39 Å². The molecule has 0 unspecified atom stereocenters. The van der Waals surface area contributed by atoms with Gasteiger partial charge in [-0.25, -0.2) is 4.39 Å². The van der Waals surface area contributed by atoms with Crippen molar-refractivity contribution in [2.24, 2.45) is 0 Å². The van der Waals surface area contributed by atoms with Crippen LogP contribution in [0.15, 0.2) is 18.2 Å². The zero-order valence-electron chi connectivity index (χ0n) is 8.31. The first-order chi connectivity index (χ1) is 6.32. The van der Waals surface area contributed by atoms with E-state index in [-0.39, 0.29) is 5.82 Å². The van der Waals surface area contributed by atoms with Gasteiger partial charge >= 0.3 is 0 Å². The molecule has 0 aliphatic rings. The van der Waals surface area contributed by atoms with Crippen molar-refractivity contribution >= 4 is 54.9 Å². The number of halogens is 3. The van der Waals surface area contributed by atoms with Crippen LogP contribution in [0, 0.1) is 5.82 Å². The van der Waals surface area contributed by atoms with Crippen LogP contribution in [0.2, 0.25) is 19.6 Å². The zero-order valence-corrected chi connectivity index (χ0v) is 13.4. The van der Waals surface area contributed by atoms with Crippen LogP contribution in [0.1, 0.15) is 0 Å². The highest BCUT2D eigenvalue weighted by Crippen LogP contribution is 2.51. The van der Waals surface area contributed by atoms with Gasteiger partial charge in [0.05, 0.1) is 13.4 Å². The van der Waals surface area contributed by atoms with Gasteiger partial charge in [0.25, 0.3) is 0 Å². The van der Waals surface area contributed by atoms with Crippen molar-refractivity contribution in [2.45, 2.75) is 19.6 Å². The lowest BCUT2D eigenvalue weighted by Crippen LogP contribution is -2.38. The zero-order chi connectivity index (χ0) is 10.9. The van der Waals surface area contributed by atoms with Gasteiger partial charge < -0.3 is 0 Å². The molecule has 1 rings (SSSR count). The Morgan fingerprint density at radius 3 is 2.14 bits per heavy atom. The van der Waals surface area contributed by atoms with Crippen molar-refractivity contribution in [1.82, 2.24) is 0 Å². The summed E-state index contributed by atoms with van der Waals surface area (Å²) in [5, 5.41) is 1.19. The molecule has 1 aromatic rings. The predicted molar refractivity (Wildman–Crippen MR) is 73.8 cm³/mol. The maximum absolute atomic E-state index is 13.6. The Morgan fingerprint density at radius 2 is 1.79 bits per heavy atom. The van der Waals surface area contributed by atoms with E-state index in [4.69, 9.17) is 0 Å². The molecule has 78 valence electrons. The fraction of sp³-hybridized carbons (Fsp3) is 0.333. The topological polar surface area (TPSA) is 0 Å². The Hall–Kier alpha value is 0.757. The highest BCUT2D eigenvalue weighted by atomic mass is 79.9. The van der Waals surface area contributed by atoms with Crippen molar-refractivity contribution in [3.05, 3.63) is 24.0 Å². The summed E-state index contributed by atoms with van der Waals surface area (Å²) in [5.41, 5.74) is 0. The van der Waals surface area contributed by atoms with Crippen LogP contribution in [0.3, 0.4) is 0 Å². The van der Waals surface area contributed by atoms with Gasteiger partial charge in [-0.3, -0.25) is 0 Å². The van der Waals surface area contributed by atoms with Crippen LogP contribution >= 0.6 is 36.3 Å². The summed E-state index contributed by atoms with van der Waals surface area (Å²) in [6.07, 6.45) is 0. The van der Waals surface area contributed by atoms with E-state index in [1.54, 1.807) is 6.07 Å². The second-order valence-electron chi connectivity index (χ2n) is 4.15. The SMILES string of the molecule is C[Si](C)(C)c1ccc(P(Br)Br)c(F)c1. The second-order valence-corrected chi connectivity index (χ2v) is 17.3. The number of benzene rings is 1. The summed E-state index contributed by atoms with van der Waals surface area (Å²) in [7, 11) is -1.39. The first-order valence-electron chi connectivity index (χ1n) is 4.24. The Morgan fingerprint density at radius 1 is 1.21 bits per heavy atom. The minimum atomic E-state index is -1.39. The average molecular weight is 358 g/mol. The highest BCUT2D eigenvalue weighted by molar-refractivity contribution is 9.70. The largest absolute Gasteiger partial charge is 0.206 e. The van der Waals surface area contributed by atoms with Gasteiger partial charge in [-0.1, -0.05) is 37.0 Å². The summed E-state index contributed by atoms with van der Waals surface area (Å²) >= 11 is 6.72. The van der Waals surface area contributed by atoms with Gasteiger partial charge in [-0.2, -0.15) is 0 Å². The molecule has 14 heavy (non-hydrogen) atoms. The maximum atomic E-state index is 13.6. The third-order valence-electron chi connectivity index (χ3n) is 2.00. The van der Waals surface area contributed by atoms with Crippen molar-refractivity contribution in [3.8, 4) is 0 Å². The molecule has 0 saturated carbocycles. The van der Waals surface area contributed by atoms with Crippen molar-refractivity contribution in [1.29, 1.82) is 0 Å². The molecular formula is C9H12Br2FPSi. The van der Waals surface area contributed by atoms with E-state index < -0.39 is 13.4 Å². The molecule has 0 N–H and O–H groups in total. The molecule has 0 aromatic heterocycles. The summed E-state index contributed by atoms with van der Waals surface area (Å²) in [6.45, 7) is 6.64. The molecule has 0 aliphatic carbocycles. The van der Waals surface area contributed by atoms with Gasteiger partial charge in [0.2, 0.25) is 0 Å². The standard InChI is InChI=1S/C9H12Br2FPSi/c1-14(2,3)7-4-5-9(13(10)11)8(12)6-7/h4-6H,1-3H3. The van der Waals surface area contributed by atoms with Gasteiger partial charge in [0.1, 0.15) is 5.82 Å². The number of hydrogen-bond donors (Lipinski definition) is 0. The smallest absolute Gasteiger partial charge is 0.132 e. The van der Waals surface area contributed by atoms with Crippen molar-refractivity contribution in [2.75, 3.05) is 0 Å². The van der Waals surface area contributed by atoms with Crippen LogP contribution in [0.4, 0.5) is 4.39 Å². The maximum Gasteiger partial charge on any atom is 0.132 e. The van der Waals surface area contributed by atoms with E-state index in [1.807, 2.05) is 12.1 Å². The fourth-order valence-corrected chi connectivity index (χ4v) is 4.39. The molecule has 0 bridgehead atoms. The van der Waals surface area contributed by atoms with Gasteiger partial charge in [-0.15, -0.1) is 0 Å². The van der Waals surface area contributed by atoms with E-state index >= 15 is 0 Å². The van der Waals surface area contributed by atoms with E-state index in [0.29, 0.717) is 0 Å². The lowest BCUT2D eigenvalue weighted by molar-refractivity contribution is 0.637. The van der Waals surface area contributed by atoms with Crippen LogP contribution in [-0.4, -0.2) is 8.07 Å². The Bertz CT molecular complexity index is 336. The molecule has 0 nitrogen and oxygen atoms in total. The molecule has 0 saturated heterocycles. The van der Waals surface area contributed by atoms with Crippen LogP contribution in [0.25, 0.3) is 0 Å². The summed E-state index contributed by atoms with van der Waals surface area (Å²) < 4.78 is 13.6. The molecule has 0 spiro atoms. The molecule has 0 heterocycles. The van der Waals surface area contributed by atoms with E-state index in [0.717, 1.165) is 10.5 Å². The monoisotopic (exact) mass is 356 g/mol. The Labute approximate surface area is 103 Å². The molecular weight excluding hydrogens is 346 g/mol. The molecule has 1 aromatic carbocycles. The summed E-state index contributed by atoms with van der Waals surface area (Å²) in [4.78, 5) is 0. The molecule has 5 heteroatoms. The lowest BCUT2D eigenvalue weighted by Gasteiger charge is -2.17. The molecule has 0 aliphatic heterocycles.